The minimum absolute atomic E-state index is 0.0183. The average Bonchev–Trinajstić information content (AvgIpc) is 3.57. The number of nitrogens with zero attached hydrogens (tertiary/aromatic N) is 5. The first-order valence-corrected chi connectivity index (χ1v) is 20.3. The first-order valence-electron chi connectivity index (χ1n) is 18.2. The van der Waals surface area contributed by atoms with E-state index in [2.05, 4.69) is 20.5 Å². The standard InChI is InChI=1S/C41H41F2N7O5S/c1-4-55-35-12-11-27(23-28(35)40(52)48-38-29(42)8-7-9-30(38)43)37-39(50-18-6-5-10-36(50)47-37)31-13-17-44-41(45-31)46-32-22-25(2)33(24-34(32)51)49-19-14-26(15-20-49)16-21-56(3,53)54/h5-13,17-18,22-24,26,51H,4,14-16,19-21H2,1-3H3,(H,48,52)(H,44,45,46). The van der Waals surface area contributed by atoms with Crippen LogP contribution >= 0.6 is 0 Å². The molecular formula is C41H41F2N7O5S. The van der Waals surface area contributed by atoms with Crippen LogP contribution in [0.5, 0.6) is 11.5 Å². The highest BCUT2D eigenvalue weighted by Crippen LogP contribution is 2.38. The fraction of sp³-hybridized carbons (Fsp3) is 0.268. The Morgan fingerprint density at radius 3 is 2.50 bits per heavy atom. The second kappa shape index (κ2) is 15.9. The number of aromatic hydroxyl groups is 1. The predicted octanol–water partition coefficient (Wildman–Crippen LogP) is 7.80. The SMILES string of the molecule is CCOc1ccc(-c2nc3ccccn3c2-c2ccnc(Nc3cc(C)c(N4CCC(CCS(C)(=O)=O)CC4)cc3O)n2)cc1C(=O)Nc1c(F)cccc1F. The summed E-state index contributed by atoms with van der Waals surface area (Å²) in [4.78, 5) is 29.9. The lowest BCUT2D eigenvalue weighted by Gasteiger charge is -2.34. The van der Waals surface area contributed by atoms with E-state index in [1.165, 1.54) is 12.3 Å². The lowest BCUT2D eigenvalue weighted by atomic mass is 9.93. The van der Waals surface area contributed by atoms with Crippen molar-refractivity contribution < 1.29 is 31.8 Å². The van der Waals surface area contributed by atoms with Crippen LogP contribution in [0, 0.1) is 24.5 Å². The van der Waals surface area contributed by atoms with Crippen LogP contribution in [0.1, 0.15) is 42.1 Å². The number of anilines is 4. The van der Waals surface area contributed by atoms with Crippen molar-refractivity contribution >= 4 is 44.4 Å². The Morgan fingerprint density at radius 1 is 1.00 bits per heavy atom. The highest BCUT2D eigenvalue weighted by molar-refractivity contribution is 7.90. The second-order valence-electron chi connectivity index (χ2n) is 13.8. The molecular weight excluding hydrogens is 741 g/mol. The van der Waals surface area contributed by atoms with E-state index < -0.39 is 33.1 Å². The van der Waals surface area contributed by atoms with Gasteiger partial charge in [0.15, 0.2) is 0 Å². The molecule has 3 N–H and O–H groups in total. The third-order valence-corrected chi connectivity index (χ3v) is 10.8. The van der Waals surface area contributed by atoms with E-state index >= 15 is 0 Å². The van der Waals surface area contributed by atoms with Gasteiger partial charge < -0.3 is 25.4 Å². The zero-order valence-electron chi connectivity index (χ0n) is 31.1. The molecule has 12 nitrogen and oxygen atoms in total. The molecule has 1 fully saturated rings. The molecule has 7 rings (SSSR count). The Balaban J connectivity index is 1.18. The number of halogens is 2. The molecule has 1 aliphatic heterocycles. The Kier molecular flexibility index (Phi) is 10.9. The van der Waals surface area contributed by atoms with Gasteiger partial charge in [0.25, 0.3) is 5.91 Å². The molecule has 15 heteroatoms. The summed E-state index contributed by atoms with van der Waals surface area (Å²) in [6.07, 6.45) is 7.10. The van der Waals surface area contributed by atoms with Gasteiger partial charge in [-0.25, -0.2) is 32.2 Å². The monoisotopic (exact) mass is 781 g/mol. The fourth-order valence-electron chi connectivity index (χ4n) is 7.02. The lowest BCUT2D eigenvalue weighted by Crippen LogP contribution is -2.34. The fourth-order valence-corrected chi connectivity index (χ4v) is 7.78. The van der Waals surface area contributed by atoms with E-state index in [0.717, 1.165) is 49.3 Å². The maximum atomic E-state index is 14.5. The molecule has 4 heterocycles. The van der Waals surface area contributed by atoms with Crippen molar-refractivity contribution in [3.05, 3.63) is 108 Å². The maximum absolute atomic E-state index is 14.5. The number of hydrogen-bond acceptors (Lipinski definition) is 10. The topological polar surface area (TPSA) is 151 Å². The van der Waals surface area contributed by atoms with Crippen LogP contribution in [0.3, 0.4) is 0 Å². The number of ether oxygens (including phenoxy) is 1. The molecule has 1 amide bonds. The zero-order chi connectivity index (χ0) is 39.6. The van der Waals surface area contributed by atoms with Gasteiger partial charge in [0.1, 0.15) is 44.3 Å². The van der Waals surface area contributed by atoms with Gasteiger partial charge in [0.2, 0.25) is 5.95 Å². The van der Waals surface area contributed by atoms with Crippen molar-refractivity contribution in [3.8, 4) is 34.1 Å². The van der Waals surface area contributed by atoms with Crippen LogP contribution in [0.2, 0.25) is 0 Å². The van der Waals surface area contributed by atoms with Gasteiger partial charge in [0, 0.05) is 49.1 Å². The van der Waals surface area contributed by atoms with Crippen molar-refractivity contribution in [1.82, 2.24) is 19.4 Å². The number of sulfone groups is 1. The van der Waals surface area contributed by atoms with Crippen LogP contribution in [0.15, 0.2) is 85.2 Å². The summed E-state index contributed by atoms with van der Waals surface area (Å²) in [5.74, 6) is -1.60. The molecule has 0 saturated carbocycles. The highest BCUT2D eigenvalue weighted by Gasteiger charge is 2.25. The summed E-state index contributed by atoms with van der Waals surface area (Å²) in [5, 5.41) is 16.7. The molecule has 56 heavy (non-hydrogen) atoms. The molecule has 0 atom stereocenters. The van der Waals surface area contributed by atoms with Crippen LogP contribution in [0.25, 0.3) is 28.3 Å². The van der Waals surface area contributed by atoms with Gasteiger partial charge in [0.05, 0.1) is 40.7 Å². The number of aromatic nitrogens is 4. The molecule has 1 aliphatic rings. The summed E-state index contributed by atoms with van der Waals surface area (Å²) in [7, 11) is -3.00. The van der Waals surface area contributed by atoms with Gasteiger partial charge in [-0.05, 0) is 99.2 Å². The predicted molar refractivity (Wildman–Crippen MR) is 213 cm³/mol. The number of piperidine rings is 1. The Hall–Kier alpha value is -6.09. The minimum Gasteiger partial charge on any atom is -0.506 e. The molecule has 290 valence electrons. The van der Waals surface area contributed by atoms with E-state index in [-0.39, 0.29) is 35.4 Å². The van der Waals surface area contributed by atoms with Crippen molar-refractivity contribution in [2.45, 2.75) is 33.1 Å². The smallest absolute Gasteiger partial charge is 0.259 e. The number of rotatable bonds is 12. The lowest BCUT2D eigenvalue weighted by molar-refractivity contribution is 0.102. The van der Waals surface area contributed by atoms with Crippen LogP contribution in [-0.4, -0.2) is 70.5 Å². The number of hydrogen-bond donors (Lipinski definition) is 3. The maximum Gasteiger partial charge on any atom is 0.259 e. The molecule has 0 aliphatic carbocycles. The number of para-hydroxylation sites is 1. The minimum atomic E-state index is -3.00. The molecule has 0 bridgehead atoms. The number of imidazole rings is 1. The number of carbonyl (C=O) groups excluding carboxylic acids is 1. The van der Waals surface area contributed by atoms with E-state index in [4.69, 9.17) is 14.7 Å². The van der Waals surface area contributed by atoms with Gasteiger partial charge in [-0.15, -0.1) is 0 Å². The van der Waals surface area contributed by atoms with E-state index in [9.17, 15) is 27.1 Å². The molecule has 0 spiro atoms. The van der Waals surface area contributed by atoms with Crippen molar-refractivity contribution in [3.63, 3.8) is 0 Å². The number of phenolic OH excluding ortho intramolecular Hbond substituents is 1. The first-order chi connectivity index (χ1) is 26.9. The molecule has 1 saturated heterocycles. The van der Waals surface area contributed by atoms with Crippen LogP contribution in [0.4, 0.5) is 31.8 Å². The highest BCUT2D eigenvalue weighted by atomic mass is 32.2. The van der Waals surface area contributed by atoms with Crippen molar-refractivity contribution in [2.75, 3.05) is 47.2 Å². The second-order valence-corrected chi connectivity index (χ2v) is 16.1. The zero-order valence-corrected chi connectivity index (χ0v) is 31.9. The van der Waals surface area contributed by atoms with Gasteiger partial charge >= 0.3 is 0 Å². The summed E-state index contributed by atoms with van der Waals surface area (Å²) in [6.45, 7) is 5.50. The number of benzene rings is 3. The van der Waals surface area contributed by atoms with Crippen LogP contribution in [-0.2, 0) is 9.84 Å². The summed E-state index contributed by atoms with van der Waals surface area (Å²) >= 11 is 0. The molecule has 0 radical (unpaired) electrons. The third-order valence-electron chi connectivity index (χ3n) is 9.84. The van der Waals surface area contributed by atoms with Crippen molar-refractivity contribution in [2.24, 2.45) is 5.92 Å². The van der Waals surface area contributed by atoms with Gasteiger partial charge in [-0.3, -0.25) is 9.20 Å². The Morgan fingerprint density at radius 2 is 1.77 bits per heavy atom. The molecule has 0 unspecified atom stereocenters. The number of amides is 1. The number of nitrogens with one attached hydrogen (secondary N) is 2. The van der Waals surface area contributed by atoms with E-state index in [1.54, 1.807) is 43.5 Å². The van der Waals surface area contributed by atoms with E-state index in [0.29, 0.717) is 46.3 Å². The normalized spacial score (nSPS) is 13.6. The Bertz CT molecular complexity index is 2520. The summed E-state index contributed by atoms with van der Waals surface area (Å²) in [6, 6.07) is 19.1. The van der Waals surface area contributed by atoms with Gasteiger partial charge in [-0.1, -0.05) is 12.1 Å². The molecule has 6 aromatic rings. The number of carbonyl (C=O) groups is 1. The largest absolute Gasteiger partial charge is 0.506 e. The van der Waals surface area contributed by atoms with Gasteiger partial charge in [-0.2, -0.15) is 0 Å². The summed E-state index contributed by atoms with van der Waals surface area (Å²) < 4.78 is 59.9. The van der Waals surface area contributed by atoms with Crippen molar-refractivity contribution in [1.29, 1.82) is 0 Å². The van der Waals surface area contributed by atoms with E-state index in [1.807, 2.05) is 41.8 Å². The number of phenols is 1. The van der Waals surface area contributed by atoms with Crippen LogP contribution < -0.4 is 20.3 Å². The summed E-state index contributed by atoms with van der Waals surface area (Å²) in [5.41, 5.74) is 4.38. The average molecular weight is 782 g/mol. The Labute approximate surface area is 323 Å². The quantitative estimate of drug-likeness (QED) is 0.105. The molecule has 3 aromatic heterocycles. The number of pyridine rings is 1. The first kappa shape index (κ1) is 38.2. The molecule has 3 aromatic carbocycles. The third kappa shape index (κ3) is 8.27. The number of fused-ring (bicyclic) bond motifs is 1. The number of aryl methyl sites for hydroxylation is 1.